The zero-order valence-corrected chi connectivity index (χ0v) is 8.76. The van der Waals surface area contributed by atoms with Crippen LogP contribution in [0, 0.1) is 0 Å². The molecule has 0 unspecified atom stereocenters. The first-order chi connectivity index (χ1) is 8.20. The minimum atomic E-state index is -5.18. The van der Waals surface area contributed by atoms with Gasteiger partial charge in [0.1, 0.15) is 11.3 Å². The summed E-state index contributed by atoms with van der Waals surface area (Å²) in [6.07, 6.45) is -8.56. The fraction of sp³-hybridized carbons (Fsp3) is 0.333. The van der Waals surface area contributed by atoms with Crippen LogP contribution in [0.5, 0.6) is 5.75 Å². The van der Waals surface area contributed by atoms with Crippen molar-refractivity contribution in [3.8, 4) is 5.75 Å². The molecule has 0 aliphatic heterocycles. The monoisotopic (exact) mass is 271 g/mol. The number of methoxy groups -OCH3 is 1. The summed E-state index contributed by atoms with van der Waals surface area (Å²) in [4.78, 5) is 13.8. The molecule has 1 aromatic heterocycles. The molecule has 0 amide bonds. The Hall–Kier alpha value is -1.93. The van der Waals surface area contributed by atoms with Gasteiger partial charge in [-0.2, -0.15) is 13.2 Å². The molecule has 0 saturated carbocycles. The highest BCUT2D eigenvalue weighted by Crippen LogP contribution is 2.39. The van der Waals surface area contributed by atoms with Gasteiger partial charge < -0.3 is 9.84 Å². The van der Waals surface area contributed by atoms with Gasteiger partial charge in [0.2, 0.25) is 0 Å². The van der Waals surface area contributed by atoms with Crippen LogP contribution in [-0.4, -0.2) is 23.2 Å². The van der Waals surface area contributed by atoms with E-state index in [4.69, 9.17) is 5.11 Å². The highest BCUT2D eigenvalue weighted by atomic mass is 19.4. The Labute approximate surface area is 97.0 Å². The van der Waals surface area contributed by atoms with E-state index < -0.39 is 41.1 Å². The molecule has 4 nitrogen and oxygen atoms in total. The summed E-state index contributed by atoms with van der Waals surface area (Å²) >= 11 is 0. The predicted octanol–water partition coefficient (Wildman–Crippen LogP) is 2.53. The number of aromatic hydroxyl groups is 1. The first kappa shape index (κ1) is 14.1. The van der Waals surface area contributed by atoms with Crippen LogP contribution in [0.15, 0.2) is 6.20 Å². The topological polar surface area (TPSA) is 59.4 Å². The summed E-state index contributed by atoms with van der Waals surface area (Å²) in [7, 11) is 0.782. The van der Waals surface area contributed by atoms with Gasteiger partial charge in [-0.1, -0.05) is 0 Å². The number of hydrogen-bond donors (Lipinski definition) is 1. The van der Waals surface area contributed by atoms with E-state index in [-0.39, 0.29) is 6.20 Å². The van der Waals surface area contributed by atoms with E-state index in [2.05, 4.69) is 9.72 Å². The van der Waals surface area contributed by atoms with E-state index >= 15 is 0 Å². The number of aromatic nitrogens is 1. The third kappa shape index (κ3) is 2.49. The van der Waals surface area contributed by atoms with E-state index in [1.165, 1.54) is 0 Å². The smallest absolute Gasteiger partial charge is 0.433 e. The van der Waals surface area contributed by atoms with Crippen molar-refractivity contribution in [1.82, 2.24) is 4.98 Å². The van der Waals surface area contributed by atoms with Gasteiger partial charge in [-0.3, -0.25) is 0 Å². The van der Waals surface area contributed by atoms with Crippen molar-refractivity contribution in [2.45, 2.75) is 12.6 Å². The lowest BCUT2D eigenvalue weighted by molar-refractivity contribution is -0.143. The number of alkyl halides is 5. The molecular formula is C9H6F5NO3. The molecule has 0 atom stereocenters. The second-order valence-corrected chi connectivity index (χ2v) is 3.07. The van der Waals surface area contributed by atoms with Crippen LogP contribution in [0.3, 0.4) is 0 Å². The molecule has 9 heteroatoms. The maximum absolute atomic E-state index is 12.6. The average molecular weight is 271 g/mol. The summed E-state index contributed by atoms with van der Waals surface area (Å²) < 4.78 is 66.7. The predicted molar refractivity (Wildman–Crippen MR) is 47.2 cm³/mol. The van der Waals surface area contributed by atoms with E-state index in [0.29, 0.717) is 0 Å². The number of pyridine rings is 1. The van der Waals surface area contributed by atoms with E-state index in [0.717, 1.165) is 7.11 Å². The molecule has 0 spiro atoms. The molecule has 18 heavy (non-hydrogen) atoms. The Morgan fingerprint density at radius 2 is 2.00 bits per heavy atom. The number of esters is 1. The first-order valence-corrected chi connectivity index (χ1v) is 4.35. The van der Waals surface area contributed by atoms with E-state index in [1.807, 2.05) is 0 Å². The van der Waals surface area contributed by atoms with Crippen LogP contribution in [-0.2, 0) is 10.9 Å². The SMILES string of the molecule is COC(=O)c1c(O)cnc(C(F)(F)F)c1C(F)F. The summed E-state index contributed by atoms with van der Waals surface area (Å²) in [6.45, 7) is 0. The van der Waals surface area contributed by atoms with Crippen molar-refractivity contribution >= 4 is 5.97 Å². The number of nitrogens with zero attached hydrogens (tertiary/aromatic N) is 1. The van der Waals surface area contributed by atoms with Gasteiger partial charge in [-0.15, -0.1) is 0 Å². The lowest BCUT2D eigenvalue weighted by Gasteiger charge is -2.15. The molecule has 0 aliphatic carbocycles. The Bertz CT molecular complexity index is 472. The number of ether oxygens (including phenoxy) is 1. The maximum atomic E-state index is 12.6. The van der Waals surface area contributed by atoms with Crippen LogP contribution < -0.4 is 0 Å². The van der Waals surface area contributed by atoms with Gasteiger partial charge in [0.15, 0.2) is 5.69 Å². The van der Waals surface area contributed by atoms with E-state index in [1.54, 1.807) is 0 Å². The summed E-state index contributed by atoms with van der Waals surface area (Å²) in [6, 6.07) is 0. The third-order valence-electron chi connectivity index (χ3n) is 1.97. The molecule has 0 radical (unpaired) electrons. The molecule has 0 aromatic carbocycles. The fourth-order valence-electron chi connectivity index (χ4n) is 1.27. The molecule has 0 aliphatic rings. The zero-order valence-electron chi connectivity index (χ0n) is 8.76. The van der Waals surface area contributed by atoms with Crippen molar-refractivity contribution in [3.63, 3.8) is 0 Å². The van der Waals surface area contributed by atoms with E-state index in [9.17, 15) is 26.7 Å². The Morgan fingerprint density at radius 1 is 1.44 bits per heavy atom. The Balaban J connectivity index is 3.64. The van der Waals surface area contributed by atoms with Crippen LogP contribution in [0.25, 0.3) is 0 Å². The Kier molecular flexibility index (Phi) is 3.73. The molecule has 100 valence electrons. The molecule has 1 heterocycles. The summed E-state index contributed by atoms with van der Waals surface area (Å²) in [5.74, 6) is -2.61. The number of carbonyl (C=O) groups excluding carboxylic acids is 1. The Morgan fingerprint density at radius 3 is 2.39 bits per heavy atom. The van der Waals surface area contributed by atoms with Gasteiger partial charge in [-0.05, 0) is 0 Å². The molecule has 0 fully saturated rings. The van der Waals surface area contributed by atoms with Crippen molar-refractivity contribution in [3.05, 3.63) is 23.0 Å². The summed E-state index contributed by atoms with van der Waals surface area (Å²) in [5, 5.41) is 9.17. The molecule has 0 saturated heterocycles. The molecule has 1 aromatic rings. The van der Waals surface area contributed by atoms with Gasteiger partial charge >= 0.3 is 12.1 Å². The zero-order chi connectivity index (χ0) is 14.1. The molecular weight excluding hydrogens is 265 g/mol. The average Bonchev–Trinajstić information content (AvgIpc) is 2.25. The highest BCUT2D eigenvalue weighted by Gasteiger charge is 2.41. The van der Waals surface area contributed by atoms with Crippen LogP contribution in [0.4, 0.5) is 22.0 Å². The molecule has 1 rings (SSSR count). The second-order valence-electron chi connectivity index (χ2n) is 3.07. The lowest BCUT2D eigenvalue weighted by atomic mass is 10.1. The summed E-state index contributed by atoms with van der Waals surface area (Å²) in [5.41, 5.74) is -4.88. The van der Waals surface area contributed by atoms with Gasteiger partial charge in [-0.25, -0.2) is 18.6 Å². The fourth-order valence-corrected chi connectivity index (χ4v) is 1.27. The van der Waals surface area contributed by atoms with Crippen LogP contribution in [0.1, 0.15) is 28.0 Å². The van der Waals surface area contributed by atoms with Crippen molar-refractivity contribution < 1.29 is 36.6 Å². The minimum absolute atomic E-state index is 0.265. The number of carbonyl (C=O) groups is 1. The largest absolute Gasteiger partial charge is 0.505 e. The normalized spacial score (nSPS) is 11.7. The quantitative estimate of drug-likeness (QED) is 0.663. The highest BCUT2D eigenvalue weighted by molar-refractivity contribution is 5.94. The number of hydrogen-bond acceptors (Lipinski definition) is 4. The van der Waals surface area contributed by atoms with Crippen molar-refractivity contribution in [1.29, 1.82) is 0 Å². The van der Waals surface area contributed by atoms with Gasteiger partial charge in [0.25, 0.3) is 6.43 Å². The lowest BCUT2D eigenvalue weighted by Crippen LogP contribution is -2.17. The number of rotatable bonds is 2. The van der Waals surface area contributed by atoms with Crippen LogP contribution >= 0.6 is 0 Å². The third-order valence-corrected chi connectivity index (χ3v) is 1.97. The van der Waals surface area contributed by atoms with Crippen molar-refractivity contribution in [2.75, 3.05) is 7.11 Å². The number of halogens is 5. The molecule has 1 N–H and O–H groups in total. The maximum Gasteiger partial charge on any atom is 0.433 e. The van der Waals surface area contributed by atoms with Gasteiger partial charge in [0, 0.05) is 0 Å². The standard InChI is InChI=1S/C9H6F5NO3/c1-18-8(17)4-3(16)2-15-6(9(12,13)14)5(4)7(10)11/h2,7,16H,1H3. The first-order valence-electron chi connectivity index (χ1n) is 4.35. The molecule has 0 bridgehead atoms. The van der Waals surface area contributed by atoms with Crippen LogP contribution in [0.2, 0.25) is 0 Å². The van der Waals surface area contributed by atoms with Crippen molar-refractivity contribution in [2.24, 2.45) is 0 Å². The minimum Gasteiger partial charge on any atom is -0.505 e. The van der Waals surface area contributed by atoms with Gasteiger partial charge in [0.05, 0.1) is 18.9 Å². The second kappa shape index (κ2) is 4.75.